The predicted octanol–water partition coefficient (Wildman–Crippen LogP) is 4.10. The van der Waals surface area contributed by atoms with Gasteiger partial charge < -0.3 is 4.90 Å². The number of nitrogens with zero attached hydrogens (tertiary/aromatic N) is 3. The Morgan fingerprint density at radius 2 is 1.58 bits per heavy atom. The summed E-state index contributed by atoms with van der Waals surface area (Å²) in [6, 6.07) is 23.3. The molecule has 2 aliphatic rings. The molecule has 0 spiro atoms. The van der Waals surface area contributed by atoms with Crippen molar-refractivity contribution in [2.45, 2.75) is 17.7 Å². The number of hydrogen-bond donors (Lipinski definition) is 0. The van der Waals surface area contributed by atoms with Crippen LogP contribution in [0.25, 0.3) is 16.8 Å². The summed E-state index contributed by atoms with van der Waals surface area (Å²) in [5.74, 6) is -0.189. The van der Waals surface area contributed by atoms with Gasteiger partial charge in [0.05, 0.1) is 10.8 Å². The van der Waals surface area contributed by atoms with Gasteiger partial charge in [0.25, 0.3) is 0 Å². The zero-order valence-corrected chi connectivity index (χ0v) is 21.3. The average molecular weight is 504 g/mol. The van der Waals surface area contributed by atoms with Gasteiger partial charge in [-0.1, -0.05) is 72.8 Å². The first-order valence-electron chi connectivity index (χ1n) is 12.7. The maximum Gasteiger partial charge on any atom is 0.243 e. The van der Waals surface area contributed by atoms with Gasteiger partial charge in [-0.3, -0.25) is 9.69 Å². The molecule has 0 saturated carbocycles. The highest BCUT2D eigenvalue weighted by molar-refractivity contribution is 7.89. The Labute approximate surface area is 213 Å². The summed E-state index contributed by atoms with van der Waals surface area (Å²) in [5, 5.41) is 1.91. The molecule has 1 amide bonds. The molecule has 1 atom stereocenters. The van der Waals surface area contributed by atoms with Gasteiger partial charge in [0, 0.05) is 45.8 Å². The molecular formula is C29H33N3O3S. The molecule has 0 bridgehead atoms. The lowest BCUT2D eigenvalue weighted by Gasteiger charge is -2.38. The molecule has 0 aromatic heterocycles. The standard InChI is InChI=1S/C29H33N3O3S/c33-29(31-20-18-30(19-21-31)16-6-10-24-8-2-1-3-9-24)27-13-7-17-32(23-27)36(34,35)28-15-14-25-11-4-5-12-26(25)22-28/h1-6,8-12,14-15,22,27H,7,13,16-21,23H2/b10-6+/t27-/m0/s1. The van der Waals surface area contributed by atoms with E-state index < -0.39 is 10.0 Å². The summed E-state index contributed by atoms with van der Waals surface area (Å²) in [7, 11) is -3.65. The van der Waals surface area contributed by atoms with Crippen LogP contribution in [-0.4, -0.2) is 74.2 Å². The van der Waals surface area contributed by atoms with E-state index >= 15 is 0 Å². The third-order valence-corrected chi connectivity index (χ3v) is 9.11. The van der Waals surface area contributed by atoms with Crippen molar-refractivity contribution in [2.75, 3.05) is 45.8 Å². The Bertz CT molecular complexity index is 1330. The molecule has 188 valence electrons. The van der Waals surface area contributed by atoms with Crippen molar-refractivity contribution in [2.24, 2.45) is 5.92 Å². The molecular weight excluding hydrogens is 470 g/mol. The molecule has 0 N–H and O–H groups in total. The van der Waals surface area contributed by atoms with Crippen LogP contribution >= 0.6 is 0 Å². The third kappa shape index (κ3) is 5.53. The third-order valence-electron chi connectivity index (χ3n) is 7.25. The number of fused-ring (bicyclic) bond motifs is 1. The fourth-order valence-corrected chi connectivity index (χ4v) is 6.71. The van der Waals surface area contributed by atoms with Crippen LogP contribution in [0, 0.1) is 5.92 Å². The second-order valence-corrected chi connectivity index (χ2v) is 11.6. The molecule has 3 aromatic rings. The number of benzene rings is 3. The van der Waals surface area contributed by atoms with Gasteiger partial charge in [-0.25, -0.2) is 8.42 Å². The van der Waals surface area contributed by atoms with Crippen LogP contribution in [0.5, 0.6) is 0 Å². The number of piperazine rings is 1. The van der Waals surface area contributed by atoms with Gasteiger partial charge >= 0.3 is 0 Å². The van der Waals surface area contributed by atoms with Gasteiger partial charge in [0.2, 0.25) is 15.9 Å². The molecule has 2 saturated heterocycles. The fraction of sp³-hybridized carbons (Fsp3) is 0.345. The topological polar surface area (TPSA) is 60.9 Å². The molecule has 0 radical (unpaired) electrons. The van der Waals surface area contributed by atoms with Gasteiger partial charge in [-0.05, 0) is 41.3 Å². The van der Waals surface area contributed by atoms with Crippen LogP contribution in [0.1, 0.15) is 18.4 Å². The predicted molar refractivity (Wildman–Crippen MR) is 144 cm³/mol. The second-order valence-electron chi connectivity index (χ2n) is 9.65. The van der Waals surface area contributed by atoms with E-state index in [0.717, 1.165) is 36.8 Å². The van der Waals surface area contributed by atoms with Crippen LogP contribution < -0.4 is 0 Å². The number of carbonyl (C=O) groups excluding carboxylic acids is 1. The average Bonchev–Trinajstić information content (AvgIpc) is 2.93. The molecule has 0 unspecified atom stereocenters. The quantitative estimate of drug-likeness (QED) is 0.508. The highest BCUT2D eigenvalue weighted by Crippen LogP contribution is 2.27. The number of hydrogen-bond acceptors (Lipinski definition) is 4. The number of piperidine rings is 1. The molecule has 7 heteroatoms. The monoisotopic (exact) mass is 503 g/mol. The maximum atomic E-state index is 13.4. The van der Waals surface area contributed by atoms with Crippen molar-refractivity contribution in [1.29, 1.82) is 0 Å². The van der Waals surface area contributed by atoms with E-state index in [2.05, 4.69) is 29.2 Å². The van der Waals surface area contributed by atoms with Crippen LogP contribution in [-0.2, 0) is 14.8 Å². The van der Waals surface area contributed by atoms with Crippen LogP contribution in [0.15, 0.2) is 83.8 Å². The van der Waals surface area contributed by atoms with Gasteiger partial charge in [0.15, 0.2) is 0 Å². The van der Waals surface area contributed by atoms with E-state index in [9.17, 15) is 13.2 Å². The summed E-state index contributed by atoms with van der Waals surface area (Å²) in [4.78, 5) is 17.9. The molecule has 36 heavy (non-hydrogen) atoms. The minimum absolute atomic E-state index is 0.0906. The summed E-state index contributed by atoms with van der Waals surface area (Å²) in [5.41, 5.74) is 1.19. The first kappa shape index (κ1) is 24.7. The first-order chi connectivity index (χ1) is 17.5. The highest BCUT2D eigenvalue weighted by Gasteiger charge is 2.35. The fourth-order valence-electron chi connectivity index (χ4n) is 5.15. The van der Waals surface area contributed by atoms with E-state index in [0.29, 0.717) is 31.0 Å². The van der Waals surface area contributed by atoms with Crippen molar-refractivity contribution >= 4 is 32.8 Å². The Morgan fingerprint density at radius 1 is 0.861 bits per heavy atom. The summed E-state index contributed by atoms with van der Waals surface area (Å²) < 4.78 is 28.3. The van der Waals surface area contributed by atoms with Gasteiger partial charge in [-0.2, -0.15) is 4.31 Å². The zero-order valence-electron chi connectivity index (χ0n) is 20.5. The van der Waals surface area contributed by atoms with Crippen LogP contribution in [0.2, 0.25) is 0 Å². The van der Waals surface area contributed by atoms with Crippen LogP contribution in [0.4, 0.5) is 0 Å². The normalized spacial score (nSPS) is 20.2. The Morgan fingerprint density at radius 3 is 2.36 bits per heavy atom. The molecule has 5 rings (SSSR count). The number of sulfonamides is 1. The maximum absolute atomic E-state index is 13.4. The smallest absolute Gasteiger partial charge is 0.243 e. The number of rotatable bonds is 6. The Balaban J connectivity index is 1.17. The van der Waals surface area contributed by atoms with E-state index in [-0.39, 0.29) is 18.4 Å². The van der Waals surface area contributed by atoms with Crippen molar-refractivity contribution in [1.82, 2.24) is 14.1 Å². The molecule has 2 aliphatic heterocycles. The largest absolute Gasteiger partial charge is 0.340 e. The lowest BCUT2D eigenvalue weighted by Crippen LogP contribution is -2.53. The molecule has 6 nitrogen and oxygen atoms in total. The molecule has 2 fully saturated rings. The van der Waals surface area contributed by atoms with Crippen LogP contribution in [0.3, 0.4) is 0 Å². The number of carbonyl (C=O) groups is 1. The van der Waals surface area contributed by atoms with Crippen molar-refractivity contribution < 1.29 is 13.2 Å². The summed E-state index contributed by atoms with van der Waals surface area (Å²) in [6.07, 6.45) is 5.74. The second kappa shape index (κ2) is 10.9. The minimum atomic E-state index is -3.65. The first-order valence-corrected chi connectivity index (χ1v) is 14.2. The SMILES string of the molecule is O=C([C@H]1CCCN(S(=O)(=O)c2ccc3ccccc3c2)C1)N1CCN(C/C=C/c2ccccc2)CC1. The highest BCUT2D eigenvalue weighted by atomic mass is 32.2. The van der Waals surface area contributed by atoms with E-state index in [1.165, 1.54) is 9.87 Å². The van der Waals surface area contributed by atoms with E-state index in [4.69, 9.17) is 0 Å². The van der Waals surface area contributed by atoms with E-state index in [1.807, 2.05) is 53.4 Å². The minimum Gasteiger partial charge on any atom is -0.340 e. The lowest BCUT2D eigenvalue weighted by molar-refractivity contribution is -0.138. The summed E-state index contributed by atoms with van der Waals surface area (Å²) in [6.45, 7) is 4.61. The zero-order chi connectivity index (χ0) is 25.0. The molecule has 2 heterocycles. The Hall–Kier alpha value is -3.00. The summed E-state index contributed by atoms with van der Waals surface area (Å²) >= 11 is 0. The lowest BCUT2D eigenvalue weighted by atomic mass is 9.98. The molecule has 0 aliphatic carbocycles. The molecule has 3 aromatic carbocycles. The van der Waals surface area contributed by atoms with E-state index in [1.54, 1.807) is 12.1 Å². The number of amides is 1. The van der Waals surface area contributed by atoms with Crippen molar-refractivity contribution in [3.63, 3.8) is 0 Å². The van der Waals surface area contributed by atoms with Gasteiger partial charge in [0.1, 0.15) is 0 Å². The Kier molecular flexibility index (Phi) is 7.51. The van der Waals surface area contributed by atoms with Crippen molar-refractivity contribution in [3.8, 4) is 0 Å². The van der Waals surface area contributed by atoms with Gasteiger partial charge in [-0.15, -0.1) is 0 Å². The van der Waals surface area contributed by atoms with Crippen molar-refractivity contribution in [3.05, 3.63) is 84.4 Å².